The van der Waals surface area contributed by atoms with Gasteiger partial charge in [0.2, 0.25) is 11.8 Å². The van der Waals surface area contributed by atoms with E-state index in [1.54, 1.807) is 13.8 Å². The number of methoxy groups -OCH3 is 3. The molecule has 0 bridgehead atoms. The van der Waals surface area contributed by atoms with Crippen molar-refractivity contribution in [3.63, 3.8) is 0 Å². The quantitative estimate of drug-likeness (QED) is 0.437. The lowest BCUT2D eigenvalue weighted by molar-refractivity contribution is -0.140. The van der Waals surface area contributed by atoms with Gasteiger partial charge in [-0.15, -0.1) is 0 Å². The van der Waals surface area contributed by atoms with Gasteiger partial charge in [0.1, 0.15) is 6.54 Å². The van der Waals surface area contributed by atoms with Crippen molar-refractivity contribution in [3.05, 3.63) is 17.4 Å². The highest BCUT2D eigenvalue weighted by Gasteiger charge is 2.18. The molecule has 9 heteroatoms. The van der Waals surface area contributed by atoms with E-state index in [4.69, 9.17) is 14.2 Å². The van der Waals surface area contributed by atoms with Crippen molar-refractivity contribution in [1.29, 1.82) is 0 Å². The number of hydrogen-bond donors (Lipinski definition) is 1. The van der Waals surface area contributed by atoms with Crippen LogP contribution >= 0.6 is 0 Å². The van der Waals surface area contributed by atoms with Crippen molar-refractivity contribution in [3.8, 4) is 17.8 Å². The Morgan fingerprint density at radius 1 is 1.09 bits per heavy atom. The second-order valence-corrected chi connectivity index (χ2v) is 4.43. The maximum absolute atomic E-state index is 12.1. The summed E-state index contributed by atoms with van der Waals surface area (Å²) in [5.41, 5.74) is 0.567. The van der Waals surface area contributed by atoms with Crippen LogP contribution in [0.2, 0.25) is 0 Å². The summed E-state index contributed by atoms with van der Waals surface area (Å²) in [4.78, 5) is 31.1. The van der Waals surface area contributed by atoms with Crippen LogP contribution in [0.15, 0.2) is 17.4 Å². The van der Waals surface area contributed by atoms with Gasteiger partial charge < -0.3 is 24.3 Å². The third-order valence-electron chi connectivity index (χ3n) is 2.55. The molecular formula is C14H19N3O6. The minimum absolute atomic E-state index is 0.0378. The summed E-state index contributed by atoms with van der Waals surface area (Å²) in [6.45, 7) is 3.06. The number of carbonyl (C=O) groups excluding carboxylic acids is 2. The molecule has 1 heterocycles. The van der Waals surface area contributed by atoms with E-state index in [0.717, 1.165) is 0 Å². The fourth-order valence-electron chi connectivity index (χ4n) is 1.41. The largest absolute Gasteiger partial charge is 0.481 e. The van der Waals surface area contributed by atoms with Crippen LogP contribution in [0.5, 0.6) is 17.8 Å². The molecule has 0 fully saturated rings. The van der Waals surface area contributed by atoms with Crippen molar-refractivity contribution >= 4 is 11.9 Å². The zero-order valence-corrected chi connectivity index (χ0v) is 13.6. The monoisotopic (exact) mass is 325 g/mol. The number of nitrogens with zero attached hydrogens (tertiary/aromatic N) is 2. The predicted molar refractivity (Wildman–Crippen MR) is 79.2 cm³/mol. The Morgan fingerprint density at radius 3 is 2.09 bits per heavy atom. The first-order chi connectivity index (χ1) is 10.9. The summed E-state index contributed by atoms with van der Waals surface area (Å²) in [6.07, 6.45) is 0. The smallest absolute Gasteiger partial charge is 0.328 e. The van der Waals surface area contributed by atoms with Crippen LogP contribution in [0.25, 0.3) is 0 Å². The maximum Gasteiger partial charge on any atom is 0.328 e. The summed E-state index contributed by atoms with van der Waals surface area (Å²) >= 11 is 0. The van der Waals surface area contributed by atoms with Gasteiger partial charge in [0, 0.05) is 0 Å². The average Bonchev–Trinajstić information content (AvgIpc) is 2.56. The van der Waals surface area contributed by atoms with E-state index in [-0.39, 0.29) is 30.1 Å². The average molecular weight is 325 g/mol. The normalized spacial score (nSPS) is 9.61. The number of carbonyl (C=O) groups is 2. The van der Waals surface area contributed by atoms with Gasteiger partial charge in [-0.3, -0.25) is 9.59 Å². The number of aromatic nitrogens is 2. The molecule has 0 atom stereocenters. The molecule has 1 aromatic heterocycles. The van der Waals surface area contributed by atoms with Crippen molar-refractivity contribution in [1.82, 2.24) is 15.3 Å². The van der Waals surface area contributed by atoms with Crippen molar-refractivity contribution in [2.45, 2.75) is 13.8 Å². The van der Waals surface area contributed by atoms with Gasteiger partial charge in [0.15, 0.2) is 5.76 Å². The number of allylic oxidation sites excluding steroid dienone is 1. The van der Waals surface area contributed by atoms with Crippen molar-refractivity contribution in [2.75, 3.05) is 27.9 Å². The fraction of sp³-hybridized carbons (Fsp3) is 0.429. The van der Waals surface area contributed by atoms with Gasteiger partial charge in [0.05, 0.1) is 27.4 Å². The minimum atomic E-state index is -0.596. The van der Waals surface area contributed by atoms with Crippen molar-refractivity contribution in [2.24, 2.45) is 0 Å². The van der Waals surface area contributed by atoms with Crippen molar-refractivity contribution < 1.29 is 28.5 Å². The number of esters is 1. The van der Waals surface area contributed by atoms with Gasteiger partial charge in [-0.1, -0.05) is 0 Å². The number of hydrogen-bond acceptors (Lipinski definition) is 8. The van der Waals surface area contributed by atoms with E-state index in [0.29, 0.717) is 5.57 Å². The molecule has 1 amide bonds. The van der Waals surface area contributed by atoms with Gasteiger partial charge >= 0.3 is 12.0 Å². The summed E-state index contributed by atoms with van der Waals surface area (Å²) in [5.74, 6) is -0.777. The van der Waals surface area contributed by atoms with E-state index < -0.39 is 11.9 Å². The number of nitrogens with one attached hydrogen (secondary N) is 1. The molecular weight excluding hydrogens is 306 g/mol. The van der Waals surface area contributed by atoms with Crippen LogP contribution in [0, 0.1) is 0 Å². The molecule has 9 nitrogen and oxygen atoms in total. The molecule has 0 radical (unpaired) electrons. The molecule has 1 aromatic rings. The van der Waals surface area contributed by atoms with E-state index in [1.165, 1.54) is 27.4 Å². The van der Waals surface area contributed by atoms with Gasteiger partial charge in [0.25, 0.3) is 5.91 Å². The first-order valence-corrected chi connectivity index (χ1v) is 6.58. The Labute approximate surface area is 133 Å². The Balaban J connectivity index is 2.95. The SMILES string of the molecule is COC(=O)CNC(=O)C(Oc1nc(OC)cc(OC)n1)=C(C)C. The number of amides is 1. The molecule has 0 saturated carbocycles. The zero-order valence-electron chi connectivity index (χ0n) is 13.6. The molecule has 0 spiro atoms. The van der Waals surface area contributed by atoms with E-state index in [9.17, 15) is 9.59 Å². The highest BCUT2D eigenvalue weighted by molar-refractivity contribution is 5.94. The molecule has 0 aliphatic rings. The van der Waals surface area contributed by atoms with E-state index in [2.05, 4.69) is 20.0 Å². The highest BCUT2D eigenvalue weighted by atomic mass is 16.5. The second-order valence-electron chi connectivity index (χ2n) is 4.43. The van der Waals surface area contributed by atoms with Crippen LogP contribution in [-0.4, -0.2) is 49.7 Å². The van der Waals surface area contributed by atoms with Crippen LogP contribution < -0.4 is 19.5 Å². The third kappa shape index (κ3) is 5.46. The maximum atomic E-state index is 12.1. The first-order valence-electron chi connectivity index (χ1n) is 6.58. The lowest BCUT2D eigenvalue weighted by atomic mass is 10.3. The van der Waals surface area contributed by atoms with Gasteiger partial charge in [-0.25, -0.2) is 0 Å². The Hall–Kier alpha value is -2.84. The molecule has 0 aliphatic carbocycles. The molecule has 0 saturated heterocycles. The Morgan fingerprint density at radius 2 is 1.65 bits per heavy atom. The Kier molecular flexibility index (Phi) is 6.78. The summed E-state index contributed by atoms with van der Waals surface area (Å²) < 4.78 is 19.9. The second kappa shape index (κ2) is 8.57. The van der Waals surface area contributed by atoms with Crippen LogP contribution in [0.3, 0.4) is 0 Å². The van der Waals surface area contributed by atoms with Crippen LogP contribution in [0.1, 0.15) is 13.8 Å². The number of ether oxygens (including phenoxy) is 4. The highest BCUT2D eigenvalue weighted by Crippen LogP contribution is 2.20. The third-order valence-corrected chi connectivity index (χ3v) is 2.55. The number of rotatable bonds is 7. The van der Waals surface area contributed by atoms with Crippen LogP contribution in [0.4, 0.5) is 0 Å². The van der Waals surface area contributed by atoms with E-state index >= 15 is 0 Å². The lowest BCUT2D eigenvalue weighted by Crippen LogP contribution is -2.33. The molecule has 126 valence electrons. The molecule has 23 heavy (non-hydrogen) atoms. The molecule has 0 aromatic carbocycles. The molecule has 0 aliphatic heterocycles. The Bertz CT molecular complexity index is 588. The van der Waals surface area contributed by atoms with E-state index in [1.807, 2.05) is 0 Å². The van der Waals surface area contributed by atoms with Gasteiger partial charge in [-0.05, 0) is 19.4 Å². The minimum Gasteiger partial charge on any atom is -0.481 e. The first kappa shape index (κ1) is 18.2. The molecule has 1 rings (SSSR count). The predicted octanol–water partition coefficient (Wildman–Crippen LogP) is 0.456. The topological polar surface area (TPSA) is 109 Å². The van der Waals surface area contributed by atoms with Gasteiger partial charge in [-0.2, -0.15) is 9.97 Å². The molecule has 0 unspecified atom stereocenters. The fourth-order valence-corrected chi connectivity index (χ4v) is 1.41. The molecule has 1 N–H and O–H groups in total. The van der Waals surface area contributed by atoms with Crippen LogP contribution in [-0.2, 0) is 14.3 Å². The summed E-state index contributed by atoms with van der Waals surface area (Å²) in [5, 5.41) is 2.38. The lowest BCUT2D eigenvalue weighted by Gasteiger charge is -2.12. The summed E-state index contributed by atoms with van der Waals surface area (Å²) in [7, 11) is 4.08. The summed E-state index contributed by atoms with van der Waals surface area (Å²) in [6, 6.07) is 1.34. The zero-order chi connectivity index (χ0) is 17.4. The standard InChI is InChI=1S/C14H19N3O6/c1-8(2)12(13(19)15-7-11(18)22-5)23-14-16-9(20-3)6-10(17-14)21-4/h6H,7H2,1-5H3,(H,15,19).